The first-order valence-electron chi connectivity index (χ1n) is 5.60. The molecule has 1 N–H and O–H groups in total. The topological polar surface area (TPSA) is 82.1 Å². The van der Waals surface area contributed by atoms with Crippen molar-refractivity contribution in [3.63, 3.8) is 0 Å². The third-order valence-corrected chi connectivity index (χ3v) is 8.09. The van der Waals surface area contributed by atoms with Crippen molar-refractivity contribution >= 4 is 40.8 Å². The predicted octanol–water partition coefficient (Wildman–Crippen LogP) is 2.42. The first kappa shape index (κ1) is 18.9. The second kappa shape index (κ2) is 8.92. The smallest absolute Gasteiger partial charge is 0.320 e. The zero-order valence-corrected chi connectivity index (χ0v) is 13.8. The fourth-order valence-corrected chi connectivity index (χ4v) is 4.86. The van der Waals surface area contributed by atoms with Crippen LogP contribution in [0.25, 0.3) is 0 Å². The Kier molecular flexibility index (Phi) is 8.85. The van der Waals surface area contributed by atoms with Gasteiger partial charge in [-0.15, -0.1) is 0 Å². The van der Waals surface area contributed by atoms with Crippen LogP contribution in [0.1, 0.15) is 26.7 Å². The Morgan fingerprint density at radius 3 is 2.26 bits per heavy atom. The highest BCUT2D eigenvalue weighted by Gasteiger charge is 2.32. The Labute approximate surface area is 122 Å². The number of hydrogen-bond donors (Lipinski definition) is 1. The molecule has 0 aliphatic carbocycles. The molecule has 0 rings (SSSR count). The largest absolute Gasteiger partial charge is 0.481 e. The number of carboxylic acids is 1. The SMILES string of the molecule is CCC(C)OC(=O)C(CC(=O)O)SP(=S)(OC)OC. The molecule has 0 saturated carbocycles. The van der Waals surface area contributed by atoms with Crippen LogP contribution in [0.15, 0.2) is 0 Å². The Bertz CT molecular complexity index is 354. The van der Waals surface area contributed by atoms with Gasteiger partial charge in [-0.2, -0.15) is 0 Å². The molecule has 9 heteroatoms. The van der Waals surface area contributed by atoms with Crippen LogP contribution in [0.4, 0.5) is 0 Å². The summed E-state index contributed by atoms with van der Waals surface area (Å²) in [5, 5.41) is 7.91. The van der Waals surface area contributed by atoms with Gasteiger partial charge in [0.05, 0.1) is 12.5 Å². The van der Waals surface area contributed by atoms with Crippen molar-refractivity contribution in [2.75, 3.05) is 14.2 Å². The van der Waals surface area contributed by atoms with Crippen molar-refractivity contribution in [2.24, 2.45) is 0 Å². The van der Waals surface area contributed by atoms with Crippen LogP contribution in [-0.2, 0) is 35.2 Å². The molecule has 0 fully saturated rings. The molecule has 0 aromatic rings. The van der Waals surface area contributed by atoms with Crippen molar-refractivity contribution in [3.05, 3.63) is 0 Å². The van der Waals surface area contributed by atoms with E-state index < -0.39 is 22.9 Å². The number of hydrogen-bond acceptors (Lipinski definition) is 7. The zero-order chi connectivity index (χ0) is 15.1. The maximum Gasteiger partial charge on any atom is 0.320 e. The highest BCUT2D eigenvalue weighted by molar-refractivity contribution is 8.68. The summed E-state index contributed by atoms with van der Waals surface area (Å²) in [5.41, 5.74) is -2.71. The van der Waals surface area contributed by atoms with Crippen LogP contribution in [0.3, 0.4) is 0 Å². The molecule has 0 aromatic carbocycles. The van der Waals surface area contributed by atoms with E-state index in [1.807, 2.05) is 6.92 Å². The van der Waals surface area contributed by atoms with E-state index in [-0.39, 0.29) is 12.5 Å². The van der Waals surface area contributed by atoms with Gasteiger partial charge in [-0.05, 0) is 25.2 Å². The summed E-state index contributed by atoms with van der Waals surface area (Å²) >= 11 is 6.03. The number of esters is 1. The van der Waals surface area contributed by atoms with Crippen LogP contribution < -0.4 is 0 Å². The first-order chi connectivity index (χ1) is 8.77. The Balaban J connectivity index is 4.85. The van der Waals surface area contributed by atoms with Crippen LogP contribution in [0.5, 0.6) is 0 Å². The Morgan fingerprint density at radius 2 is 1.89 bits per heavy atom. The van der Waals surface area contributed by atoms with Crippen molar-refractivity contribution in [2.45, 2.75) is 38.0 Å². The van der Waals surface area contributed by atoms with Gasteiger partial charge in [0.15, 0.2) is 0 Å². The van der Waals surface area contributed by atoms with Crippen molar-refractivity contribution in [1.29, 1.82) is 0 Å². The molecule has 19 heavy (non-hydrogen) atoms. The summed E-state index contributed by atoms with van der Waals surface area (Å²) in [5.74, 6) is -1.71. The number of ether oxygens (including phenoxy) is 1. The lowest BCUT2D eigenvalue weighted by molar-refractivity contribution is -0.150. The van der Waals surface area contributed by atoms with Crippen LogP contribution in [0.2, 0.25) is 0 Å². The number of rotatable bonds is 9. The standard InChI is InChI=1S/C10H19O6PS2/c1-5-7(2)16-10(13)8(6-9(11)12)19-17(18,14-3)15-4/h7-8H,5-6H2,1-4H3,(H,11,12). The highest BCUT2D eigenvalue weighted by Crippen LogP contribution is 2.62. The van der Waals surface area contributed by atoms with E-state index in [1.165, 1.54) is 14.2 Å². The second-order valence-corrected chi connectivity index (χ2v) is 10.3. The van der Waals surface area contributed by atoms with Gasteiger partial charge in [0, 0.05) is 14.2 Å². The monoisotopic (exact) mass is 330 g/mol. The Morgan fingerprint density at radius 1 is 1.37 bits per heavy atom. The average Bonchev–Trinajstić information content (AvgIpc) is 2.36. The first-order valence-corrected chi connectivity index (χ1v) is 9.72. The number of carbonyl (C=O) groups excluding carboxylic acids is 1. The molecule has 0 aliphatic heterocycles. The molecule has 2 unspecified atom stereocenters. The lowest BCUT2D eigenvalue weighted by atomic mass is 10.3. The van der Waals surface area contributed by atoms with Gasteiger partial charge in [-0.25, -0.2) is 0 Å². The third kappa shape index (κ3) is 7.27. The predicted molar refractivity (Wildman–Crippen MR) is 77.8 cm³/mol. The maximum absolute atomic E-state index is 11.9. The van der Waals surface area contributed by atoms with E-state index in [1.54, 1.807) is 6.92 Å². The summed E-state index contributed by atoms with van der Waals surface area (Å²) < 4.78 is 15.2. The van der Waals surface area contributed by atoms with Gasteiger partial charge in [-0.3, -0.25) is 9.59 Å². The lowest BCUT2D eigenvalue weighted by Crippen LogP contribution is -2.26. The van der Waals surface area contributed by atoms with Gasteiger partial charge in [0.1, 0.15) is 5.25 Å². The molecule has 112 valence electrons. The summed E-state index contributed by atoms with van der Waals surface area (Å²) in [6.45, 7) is 3.61. The molecular formula is C10H19O6PS2. The van der Waals surface area contributed by atoms with E-state index in [4.69, 9.17) is 30.7 Å². The zero-order valence-electron chi connectivity index (χ0n) is 11.3. The molecule has 0 heterocycles. The summed E-state index contributed by atoms with van der Waals surface area (Å²) in [7, 11) is 2.74. The molecule has 0 aromatic heterocycles. The summed E-state index contributed by atoms with van der Waals surface area (Å²) in [6, 6.07) is 0. The molecular weight excluding hydrogens is 311 g/mol. The van der Waals surface area contributed by atoms with Crippen molar-refractivity contribution in [3.8, 4) is 0 Å². The van der Waals surface area contributed by atoms with E-state index in [0.29, 0.717) is 6.42 Å². The summed E-state index contributed by atoms with van der Waals surface area (Å²) in [6.07, 6.45) is -0.00317. The van der Waals surface area contributed by atoms with Crippen LogP contribution >= 0.6 is 17.1 Å². The van der Waals surface area contributed by atoms with Gasteiger partial charge in [-0.1, -0.05) is 18.3 Å². The third-order valence-electron chi connectivity index (χ3n) is 2.22. The quantitative estimate of drug-likeness (QED) is 0.510. The van der Waals surface area contributed by atoms with Gasteiger partial charge in [0.25, 0.3) is 0 Å². The molecule has 0 saturated heterocycles. The number of carbonyl (C=O) groups is 2. The van der Waals surface area contributed by atoms with E-state index in [9.17, 15) is 9.59 Å². The molecule has 0 spiro atoms. The van der Waals surface area contributed by atoms with Crippen LogP contribution in [-0.4, -0.2) is 42.6 Å². The fourth-order valence-electron chi connectivity index (χ4n) is 0.996. The van der Waals surface area contributed by atoms with E-state index in [2.05, 4.69) is 0 Å². The summed E-state index contributed by atoms with van der Waals surface area (Å²) in [4.78, 5) is 22.7. The van der Waals surface area contributed by atoms with E-state index in [0.717, 1.165) is 11.4 Å². The highest BCUT2D eigenvalue weighted by atomic mass is 32.9. The molecule has 0 radical (unpaired) electrons. The normalized spacial score (nSPS) is 14.7. The lowest BCUT2D eigenvalue weighted by Gasteiger charge is -2.22. The number of carboxylic acid groups (broad SMARTS) is 1. The minimum absolute atomic E-state index is 0.271. The molecule has 0 aliphatic rings. The van der Waals surface area contributed by atoms with Gasteiger partial charge < -0.3 is 18.9 Å². The Hall–Kier alpha value is -0.140. The molecule has 0 amide bonds. The van der Waals surface area contributed by atoms with Crippen molar-refractivity contribution in [1.82, 2.24) is 0 Å². The molecule has 0 bridgehead atoms. The second-order valence-electron chi connectivity index (χ2n) is 3.66. The minimum Gasteiger partial charge on any atom is -0.481 e. The van der Waals surface area contributed by atoms with Crippen molar-refractivity contribution < 1.29 is 28.5 Å². The average molecular weight is 330 g/mol. The van der Waals surface area contributed by atoms with Gasteiger partial charge in [0.2, 0.25) is 5.69 Å². The maximum atomic E-state index is 11.9. The van der Waals surface area contributed by atoms with Gasteiger partial charge >= 0.3 is 11.9 Å². The fraction of sp³-hybridized carbons (Fsp3) is 0.800. The van der Waals surface area contributed by atoms with Crippen LogP contribution in [0, 0.1) is 0 Å². The molecule has 2 atom stereocenters. The molecule has 6 nitrogen and oxygen atoms in total. The van der Waals surface area contributed by atoms with E-state index >= 15 is 0 Å². The minimum atomic E-state index is -2.71. The number of aliphatic carboxylic acids is 1.